The van der Waals surface area contributed by atoms with Crippen molar-refractivity contribution in [1.29, 1.82) is 0 Å². The maximum atomic E-state index is 13.1. The molecule has 0 aliphatic rings. The molecule has 0 aliphatic heterocycles. The number of fused-ring (bicyclic) bond motifs is 1. The molecule has 2 heterocycles. The maximum absolute atomic E-state index is 13.1. The second kappa shape index (κ2) is 10.6. The molecule has 0 saturated heterocycles. The number of carbonyl (C=O) groups excluding carboxylic acids is 2. The predicted octanol–water partition coefficient (Wildman–Crippen LogP) is 4.09. The molecule has 1 aromatic carbocycles. The van der Waals surface area contributed by atoms with Crippen molar-refractivity contribution in [2.75, 3.05) is 24.2 Å². The van der Waals surface area contributed by atoms with Gasteiger partial charge in [0.1, 0.15) is 4.83 Å². The Morgan fingerprint density at radius 2 is 1.88 bits per heavy atom. The van der Waals surface area contributed by atoms with Crippen molar-refractivity contribution in [1.82, 2.24) is 14.6 Å². The second-order valence-corrected chi connectivity index (χ2v) is 10.3. The monoisotopic (exact) mass is 501 g/mol. The van der Waals surface area contributed by atoms with Gasteiger partial charge in [-0.3, -0.25) is 14.4 Å². The summed E-state index contributed by atoms with van der Waals surface area (Å²) in [5, 5.41) is 3.11. The number of carbonyl (C=O) groups is 2. The van der Waals surface area contributed by atoms with E-state index in [1.54, 1.807) is 11.8 Å². The zero-order chi connectivity index (χ0) is 25.2. The summed E-state index contributed by atoms with van der Waals surface area (Å²) in [6.45, 7) is 12.7. The quantitative estimate of drug-likeness (QED) is 0.273. The summed E-state index contributed by atoms with van der Waals surface area (Å²) in [6.07, 6.45) is 0.570. The molecule has 1 atom stereocenters. The zero-order valence-corrected chi connectivity index (χ0v) is 22.0. The van der Waals surface area contributed by atoms with Crippen molar-refractivity contribution >= 4 is 50.8 Å². The number of hydrogen-bond acceptors (Lipinski definition) is 7. The lowest BCUT2D eigenvalue weighted by atomic mass is 10.1. The lowest BCUT2D eigenvalue weighted by Gasteiger charge is -2.24. The Labute approximate surface area is 207 Å². The average molecular weight is 502 g/mol. The van der Waals surface area contributed by atoms with Gasteiger partial charge < -0.3 is 16.1 Å². The first kappa shape index (κ1) is 25.8. The van der Waals surface area contributed by atoms with Crippen LogP contribution in [0.2, 0.25) is 0 Å². The summed E-state index contributed by atoms with van der Waals surface area (Å²) in [5.41, 5.74) is 2.89. The van der Waals surface area contributed by atoms with Crippen LogP contribution in [0, 0.1) is 20.8 Å². The van der Waals surface area contributed by atoms with Crippen LogP contribution >= 0.6 is 23.1 Å². The summed E-state index contributed by atoms with van der Waals surface area (Å²) in [4.78, 5) is 46.2. The lowest BCUT2D eigenvalue weighted by Crippen LogP contribution is -2.38. The van der Waals surface area contributed by atoms with Crippen LogP contribution in [0.5, 0.6) is 0 Å². The van der Waals surface area contributed by atoms with E-state index in [1.807, 2.05) is 52.8 Å². The highest BCUT2D eigenvalue weighted by Crippen LogP contribution is 2.31. The van der Waals surface area contributed by atoms with Crippen LogP contribution in [-0.2, 0) is 4.79 Å². The fourth-order valence-corrected chi connectivity index (χ4v) is 5.92. The molecular formula is C24H31N5O3S2. The topological polar surface area (TPSA) is 110 Å². The number of anilines is 1. The molecule has 182 valence electrons. The van der Waals surface area contributed by atoms with Crippen LogP contribution in [0.4, 0.5) is 5.69 Å². The highest BCUT2D eigenvalue weighted by atomic mass is 32.2. The Morgan fingerprint density at radius 1 is 1.21 bits per heavy atom. The number of thiophene rings is 1. The highest BCUT2D eigenvalue weighted by Gasteiger charge is 2.26. The van der Waals surface area contributed by atoms with Gasteiger partial charge in [-0.15, -0.1) is 11.3 Å². The third kappa shape index (κ3) is 4.97. The van der Waals surface area contributed by atoms with E-state index in [0.717, 1.165) is 27.1 Å². The van der Waals surface area contributed by atoms with Gasteiger partial charge in [0.15, 0.2) is 5.16 Å². The zero-order valence-electron chi connectivity index (χ0n) is 20.4. The van der Waals surface area contributed by atoms with Crippen molar-refractivity contribution in [3.63, 3.8) is 0 Å². The first-order valence-electron chi connectivity index (χ1n) is 11.3. The third-order valence-electron chi connectivity index (χ3n) is 5.77. The molecular weight excluding hydrogens is 470 g/mol. The minimum atomic E-state index is -0.433. The van der Waals surface area contributed by atoms with Crippen molar-refractivity contribution in [2.24, 2.45) is 0 Å². The first-order valence-corrected chi connectivity index (χ1v) is 13.0. The van der Waals surface area contributed by atoms with Crippen LogP contribution in [0.15, 0.2) is 28.2 Å². The van der Waals surface area contributed by atoms with Crippen molar-refractivity contribution in [2.45, 2.75) is 58.4 Å². The predicted molar refractivity (Wildman–Crippen MR) is 141 cm³/mol. The molecule has 3 rings (SSSR count). The molecule has 0 aliphatic carbocycles. The van der Waals surface area contributed by atoms with E-state index in [0.29, 0.717) is 45.9 Å². The normalized spacial score (nSPS) is 12.1. The summed E-state index contributed by atoms with van der Waals surface area (Å²) in [6, 6.07) is 5.79. The molecule has 1 unspecified atom stereocenters. The van der Waals surface area contributed by atoms with Crippen molar-refractivity contribution in [3.8, 4) is 0 Å². The largest absolute Gasteiger partial charge is 0.342 e. The number of nitrogens with zero attached hydrogens (tertiary/aromatic N) is 3. The molecule has 3 N–H and O–H groups in total. The number of nitrogens with one attached hydrogen (secondary N) is 1. The number of aryl methyl sites for hydroxylation is 3. The SMILES string of the molecule is CCC(Sc1nc2sc(C(=O)Nc3ccc(C)cc3C)c(C)c2c(=O)n1N)C(=O)N(CC)CC. The van der Waals surface area contributed by atoms with E-state index in [-0.39, 0.29) is 17.0 Å². The molecule has 8 nitrogen and oxygen atoms in total. The molecule has 0 saturated carbocycles. The van der Waals surface area contributed by atoms with Gasteiger partial charge >= 0.3 is 0 Å². The van der Waals surface area contributed by atoms with Crippen LogP contribution in [0.25, 0.3) is 10.2 Å². The molecule has 34 heavy (non-hydrogen) atoms. The molecule has 2 aromatic heterocycles. The Balaban J connectivity index is 1.97. The molecule has 2 amide bonds. The van der Waals surface area contributed by atoms with E-state index >= 15 is 0 Å². The van der Waals surface area contributed by atoms with Crippen LogP contribution in [0.1, 0.15) is 53.6 Å². The second-order valence-electron chi connectivity index (χ2n) is 8.10. The smallest absolute Gasteiger partial charge is 0.281 e. The van der Waals surface area contributed by atoms with E-state index in [1.165, 1.54) is 11.8 Å². The lowest BCUT2D eigenvalue weighted by molar-refractivity contribution is -0.130. The van der Waals surface area contributed by atoms with Gasteiger partial charge in [-0.05, 0) is 58.2 Å². The standard InChI is InChI=1S/C24H31N5O3S2/c1-7-17(22(31)28(8-2)9-3)33-24-27-21-18(23(32)29(24)25)15(6)19(34-21)20(30)26-16-11-10-13(4)12-14(16)5/h10-12,17H,7-9,25H2,1-6H3,(H,26,30). The number of thioether (sulfide) groups is 1. The minimum absolute atomic E-state index is 0.0114. The number of nitrogens with two attached hydrogens (primary N) is 1. The Bertz CT molecular complexity index is 1290. The summed E-state index contributed by atoms with van der Waals surface area (Å²) < 4.78 is 0.983. The summed E-state index contributed by atoms with van der Waals surface area (Å²) >= 11 is 2.34. The van der Waals surface area contributed by atoms with E-state index in [9.17, 15) is 14.4 Å². The Morgan fingerprint density at radius 3 is 2.47 bits per heavy atom. The van der Waals surface area contributed by atoms with Crippen LogP contribution in [0.3, 0.4) is 0 Å². The van der Waals surface area contributed by atoms with Gasteiger partial charge in [-0.1, -0.05) is 36.4 Å². The van der Waals surface area contributed by atoms with Crippen molar-refractivity contribution < 1.29 is 9.59 Å². The van der Waals surface area contributed by atoms with Crippen molar-refractivity contribution in [3.05, 3.63) is 50.1 Å². The van der Waals surface area contributed by atoms with E-state index in [4.69, 9.17) is 5.84 Å². The maximum Gasteiger partial charge on any atom is 0.281 e. The molecule has 0 fully saturated rings. The fourth-order valence-electron chi connectivity index (χ4n) is 3.78. The van der Waals surface area contributed by atoms with E-state index in [2.05, 4.69) is 10.3 Å². The Kier molecular flexibility index (Phi) is 8.04. The summed E-state index contributed by atoms with van der Waals surface area (Å²) in [7, 11) is 0. The minimum Gasteiger partial charge on any atom is -0.342 e. The van der Waals surface area contributed by atoms with Crippen LogP contribution < -0.4 is 16.7 Å². The fraction of sp³-hybridized carbons (Fsp3) is 0.417. The van der Waals surface area contributed by atoms with Gasteiger partial charge in [0.05, 0.1) is 15.5 Å². The molecule has 3 aromatic rings. The number of rotatable bonds is 8. The van der Waals surface area contributed by atoms with Crippen LogP contribution in [-0.4, -0.2) is 44.7 Å². The van der Waals surface area contributed by atoms with Gasteiger partial charge in [0.25, 0.3) is 11.5 Å². The highest BCUT2D eigenvalue weighted by molar-refractivity contribution is 8.00. The molecule has 0 radical (unpaired) electrons. The van der Waals surface area contributed by atoms with Gasteiger partial charge in [-0.25, -0.2) is 9.66 Å². The number of amides is 2. The van der Waals surface area contributed by atoms with Gasteiger partial charge in [0, 0.05) is 18.8 Å². The van der Waals surface area contributed by atoms with Gasteiger partial charge in [0.2, 0.25) is 5.91 Å². The molecule has 10 heteroatoms. The van der Waals surface area contributed by atoms with Gasteiger partial charge in [-0.2, -0.15) is 0 Å². The number of aromatic nitrogens is 2. The number of hydrogen-bond donors (Lipinski definition) is 2. The third-order valence-corrected chi connectivity index (χ3v) is 8.27. The van der Waals surface area contributed by atoms with E-state index < -0.39 is 10.8 Å². The number of nitrogen functional groups attached to an aromatic ring is 1. The Hall–Kier alpha value is -2.85. The molecule has 0 bridgehead atoms. The average Bonchev–Trinajstić information content (AvgIpc) is 3.14. The molecule has 0 spiro atoms. The first-order chi connectivity index (χ1) is 16.1. The number of benzene rings is 1. The summed E-state index contributed by atoms with van der Waals surface area (Å²) in [5.74, 6) is 5.80.